The molecule has 0 aliphatic heterocycles. The van der Waals surface area contributed by atoms with Crippen LogP contribution in [0, 0.1) is 6.92 Å². The highest BCUT2D eigenvalue weighted by molar-refractivity contribution is 5.47. The van der Waals surface area contributed by atoms with E-state index in [0.717, 1.165) is 11.4 Å². The van der Waals surface area contributed by atoms with Crippen molar-refractivity contribution in [2.75, 3.05) is 5.32 Å². The van der Waals surface area contributed by atoms with Crippen LogP contribution in [0.15, 0.2) is 18.3 Å². The summed E-state index contributed by atoms with van der Waals surface area (Å²) in [6, 6.07) is 4.58. The largest absolute Gasteiger partial charge is 0.381 e. The van der Waals surface area contributed by atoms with Crippen LogP contribution in [0.25, 0.3) is 0 Å². The Hall–Kier alpha value is -1.05. The predicted molar refractivity (Wildman–Crippen MR) is 57.0 cm³/mol. The maximum atomic E-state index is 4.23. The van der Waals surface area contributed by atoms with Crippen molar-refractivity contribution < 1.29 is 0 Å². The molecule has 0 aromatic carbocycles. The lowest BCUT2D eigenvalue weighted by atomic mass is 10.2. The van der Waals surface area contributed by atoms with E-state index in [0.29, 0.717) is 6.04 Å². The summed E-state index contributed by atoms with van der Waals surface area (Å²) in [7, 11) is 0. The molecule has 0 amide bonds. The lowest BCUT2D eigenvalue weighted by molar-refractivity contribution is 0.689. The van der Waals surface area contributed by atoms with Crippen molar-refractivity contribution in [3.63, 3.8) is 0 Å². The first kappa shape index (κ1) is 10.0. The first-order chi connectivity index (χ1) is 6.24. The van der Waals surface area contributed by atoms with Gasteiger partial charge in [-0.2, -0.15) is 0 Å². The molecule has 0 spiro atoms. The summed E-state index contributed by atoms with van der Waals surface area (Å²) in [6.45, 7) is 6.44. The minimum absolute atomic E-state index is 0.535. The van der Waals surface area contributed by atoms with Crippen molar-refractivity contribution in [3.05, 3.63) is 24.0 Å². The van der Waals surface area contributed by atoms with E-state index in [9.17, 15) is 0 Å². The molecule has 1 heterocycles. The minimum Gasteiger partial charge on any atom is -0.381 e. The van der Waals surface area contributed by atoms with E-state index in [1.807, 2.05) is 19.2 Å². The molecule has 1 atom stereocenters. The zero-order valence-electron chi connectivity index (χ0n) is 8.67. The molecule has 0 fully saturated rings. The van der Waals surface area contributed by atoms with Gasteiger partial charge in [-0.1, -0.05) is 13.3 Å². The highest BCUT2D eigenvalue weighted by atomic mass is 14.9. The van der Waals surface area contributed by atoms with E-state index in [4.69, 9.17) is 0 Å². The molecule has 0 aliphatic rings. The van der Waals surface area contributed by atoms with Crippen molar-refractivity contribution in [3.8, 4) is 0 Å². The highest BCUT2D eigenvalue weighted by Gasteiger charge is 2.02. The Bertz CT molecular complexity index is 258. The van der Waals surface area contributed by atoms with Crippen LogP contribution in [-0.4, -0.2) is 11.0 Å². The molecule has 0 saturated carbocycles. The molecular formula is C11H18N2. The average molecular weight is 178 g/mol. The van der Waals surface area contributed by atoms with E-state index in [-0.39, 0.29) is 0 Å². The van der Waals surface area contributed by atoms with Gasteiger partial charge in [-0.25, -0.2) is 0 Å². The van der Waals surface area contributed by atoms with Gasteiger partial charge in [0.25, 0.3) is 0 Å². The maximum absolute atomic E-state index is 4.23. The number of nitrogens with zero attached hydrogens (tertiary/aromatic N) is 1. The van der Waals surface area contributed by atoms with E-state index >= 15 is 0 Å². The van der Waals surface area contributed by atoms with Gasteiger partial charge < -0.3 is 5.32 Å². The van der Waals surface area contributed by atoms with Crippen molar-refractivity contribution in [1.29, 1.82) is 0 Å². The topological polar surface area (TPSA) is 24.9 Å². The molecule has 2 nitrogen and oxygen atoms in total. The summed E-state index contributed by atoms with van der Waals surface area (Å²) in [5.74, 6) is 0. The summed E-state index contributed by atoms with van der Waals surface area (Å²) in [5.41, 5.74) is 2.23. The third-order valence-electron chi connectivity index (χ3n) is 2.13. The minimum atomic E-state index is 0.535. The lowest BCUT2D eigenvalue weighted by Gasteiger charge is -2.15. The van der Waals surface area contributed by atoms with Gasteiger partial charge in [-0.3, -0.25) is 4.98 Å². The highest BCUT2D eigenvalue weighted by Crippen LogP contribution is 2.13. The summed E-state index contributed by atoms with van der Waals surface area (Å²) in [6.07, 6.45) is 4.24. The number of nitrogens with one attached hydrogen (secondary N) is 1. The van der Waals surface area contributed by atoms with Crippen LogP contribution in [0.4, 0.5) is 5.69 Å². The molecule has 72 valence electrons. The monoisotopic (exact) mass is 178 g/mol. The first-order valence-corrected chi connectivity index (χ1v) is 4.92. The Morgan fingerprint density at radius 3 is 2.92 bits per heavy atom. The van der Waals surface area contributed by atoms with Crippen molar-refractivity contribution in [2.45, 2.75) is 39.7 Å². The Morgan fingerprint density at radius 1 is 1.54 bits per heavy atom. The van der Waals surface area contributed by atoms with Gasteiger partial charge in [0.1, 0.15) is 0 Å². The van der Waals surface area contributed by atoms with Gasteiger partial charge in [0.15, 0.2) is 0 Å². The number of aromatic nitrogens is 1. The van der Waals surface area contributed by atoms with Crippen molar-refractivity contribution >= 4 is 5.69 Å². The van der Waals surface area contributed by atoms with E-state index in [2.05, 4.69) is 30.2 Å². The second kappa shape index (κ2) is 4.85. The van der Waals surface area contributed by atoms with Crippen LogP contribution in [0.3, 0.4) is 0 Å². The zero-order chi connectivity index (χ0) is 9.68. The van der Waals surface area contributed by atoms with Crippen LogP contribution >= 0.6 is 0 Å². The summed E-state index contributed by atoms with van der Waals surface area (Å²) in [5, 5.41) is 3.45. The van der Waals surface area contributed by atoms with Gasteiger partial charge in [0, 0.05) is 12.2 Å². The fraction of sp³-hybridized carbons (Fsp3) is 0.545. The average Bonchev–Trinajstić information content (AvgIpc) is 2.09. The standard InChI is InChI=1S/C11H18N2/c1-4-6-9(2)13-11-7-5-8-12-10(11)3/h5,7-9,13H,4,6H2,1-3H3/t9-/m0/s1. The molecule has 0 aliphatic carbocycles. The van der Waals surface area contributed by atoms with Gasteiger partial charge in [0.05, 0.1) is 11.4 Å². The maximum Gasteiger partial charge on any atom is 0.0603 e. The Kier molecular flexibility index (Phi) is 3.74. The van der Waals surface area contributed by atoms with Gasteiger partial charge in [-0.15, -0.1) is 0 Å². The number of anilines is 1. The van der Waals surface area contributed by atoms with Crippen molar-refractivity contribution in [2.24, 2.45) is 0 Å². The molecule has 1 N–H and O–H groups in total. The normalized spacial score (nSPS) is 12.5. The molecule has 0 radical (unpaired) electrons. The molecule has 0 saturated heterocycles. The third-order valence-corrected chi connectivity index (χ3v) is 2.13. The molecule has 1 aromatic heterocycles. The smallest absolute Gasteiger partial charge is 0.0603 e. The van der Waals surface area contributed by atoms with Gasteiger partial charge >= 0.3 is 0 Å². The molecule has 0 unspecified atom stereocenters. The lowest BCUT2D eigenvalue weighted by Crippen LogP contribution is -2.15. The number of aryl methyl sites for hydroxylation is 1. The molecule has 0 bridgehead atoms. The van der Waals surface area contributed by atoms with Gasteiger partial charge in [0.2, 0.25) is 0 Å². The van der Waals surface area contributed by atoms with Crippen molar-refractivity contribution in [1.82, 2.24) is 4.98 Å². The predicted octanol–water partition coefficient (Wildman–Crippen LogP) is 2.99. The number of hydrogen-bond acceptors (Lipinski definition) is 2. The van der Waals surface area contributed by atoms with E-state index in [1.165, 1.54) is 12.8 Å². The quantitative estimate of drug-likeness (QED) is 0.766. The summed E-state index contributed by atoms with van der Waals surface area (Å²) in [4.78, 5) is 4.23. The Labute approximate surface area is 80.4 Å². The summed E-state index contributed by atoms with van der Waals surface area (Å²) >= 11 is 0. The molecule has 1 aromatic rings. The fourth-order valence-electron chi connectivity index (χ4n) is 1.41. The number of hydrogen-bond donors (Lipinski definition) is 1. The van der Waals surface area contributed by atoms with Crippen LogP contribution in [0.5, 0.6) is 0 Å². The molecule has 2 heteroatoms. The molecule has 13 heavy (non-hydrogen) atoms. The van der Waals surface area contributed by atoms with Crippen LogP contribution in [0.2, 0.25) is 0 Å². The van der Waals surface area contributed by atoms with E-state index < -0.39 is 0 Å². The Balaban J connectivity index is 2.58. The Morgan fingerprint density at radius 2 is 2.31 bits per heavy atom. The first-order valence-electron chi connectivity index (χ1n) is 4.92. The molecular weight excluding hydrogens is 160 g/mol. The second-order valence-corrected chi connectivity index (χ2v) is 3.47. The van der Waals surface area contributed by atoms with Gasteiger partial charge in [-0.05, 0) is 32.4 Å². The second-order valence-electron chi connectivity index (χ2n) is 3.47. The zero-order valence-corrected chi connectivity index (χ0v) is 8.67. The van der Waals surface area contributed by atoms with Crippen LogP contribution in [0.1, 0.15) is 32.4 Å². The third kappa shape index (κ3) is 3.05. The number of pyridine rings is 1. The summed E-state index contributed by atoms with van der Waals surface area (Å²) < 4.78 is 0. The van der Waals surface area contributed by atoms with Crippen LogP contribution in [-0.2, 0) is 0 Å². The van der Waals surface area contributed by atoms with E-state index in [1.54, 1.807) is 0 Å². The fourth-order valence-corrected chi connectivity index (χ4v) is 1.41. The van der Waals surface area contributed by atoms with Crippen LogP contribution < -0.4 is 5.32 Å². The number of rotatable bonds is 4. The molecule has 1 rings (SSSR count). The SMILES string of the molecule is CCC[C@H](C)Nc1cccnc1C.